The van der Waals surface area contributed by atoms with Crippen molar-refractivity contribution in [2.24, 2.45) is 0 Å². The number of rotatable bonds is 4. The second kappa shape index (κ2) is 9.35. The number of benzene rings is 4. The van der Waals surface area contributed by atoms with E-state index in [1.54, 1.807) is 6.08 Å². The molecule has 4 aromatic carbocycles. The Morgan fingerprint density at radius 3 is 2.13 bits per heavy atom. The molecular weight excluding hydrogens is 566 g/mol. The minimum atomic E-state index is -1.47. The molecule has 4 aliphatic rings. The molecule has 45 heavy (non-hydrogen) atoms. The van der Waals surface area contributed by atoms with Gasteiger partial charge in [0.1, 0.15) is 0 Å². The highest BCUT2D eigenvalue weighted by Gasteiger charge is 2.43. The molecule has 2 atom stereocenters. The number of allylic oxidation sites excluding steroid dienone is 1. The van der Waals surface area contributed by atoms with E-state index < -0.39 is 34.6 Å². The van der Waals surface area contributed by atoms with Gasteiger partial charge in [0, 0.05) is 39.9 Å². The summed E-state index contributed by atoms with van der Waals surface area (Å²) in [5.41, 5.74) is 8.01. The van der Waals surface area contributed by atoms with Crippen LogP contribution in [0.25, 0.3) is 17.2 Å². The summed E-state index contributed by atoms with van der Waals surface area (Å²) in [6.07, 6.45) is 4.78. The number of carbonyl (C=O) groups is 4. The standard InChI is InChI=1S/C38H29NO6/c1-38(2)30-8-4-3-6-21(30)23-16-20(11-12-31(23)38)39-32-9-5-7-22(32)24-14-19(10-13-33(24)39)15-29-34(40)25-17-27(36(42)43)28(37(44)45)18-26(25)35(29)41/h3-4,6,8,10-18,22,32H,5,7,9H2,1-2H3,(H,42,43)(H,44,45). The first-order chi connectivity index (χ1) is 21.6. The zero-order chi connectivity index (χ0) is 31.4. The monoisotopic (exact) mass is 595 g/mol. The van der Waals surface area contributed by atoms with Gasteiger partial charge in [-0.3, -0.25) is 9.59 Å². The number of hydrogen-bond donors (Lipinski definition) is 2. The molecule has 0 saturated heterocycles. The number of aromatic carboxylic acids is 2. The predicted molar refractivity (Wildman–Crippen MR) is 170 cm³/mol. The van der Waals surface area contributed by atoms with Gasteiger partial charge in [-0.2, -0.15) is 0 Å². The fourth-order valence-electron chi connectivity index (χ4n) is 8.18. The number of hydrogen-bond acceptors (Lipinski definition) is 5. The number of carboxylic acid groups (broad SMARTS) is 2. The summed E-state index contributed by atoms with van der Waals surface area (Å²) >= 11 is 0. The number of carboxylic acids is 2. The van der Waals surface area contributed by atoms with Crippen LogP contribution in [0.1, 0.15) is 103 Å². The predicted octanol–water partition coefficient (Wildman–Crippen LogP) is 7.64. The van der Waals surface area contributed by atoms with Crippen molar-refractivity contribution in [1.29, 1.82) is 0 Å². The van der Waals surface area contributed by atoms with Gasteiger partial charge in [-0.05, 0) is 88.7 Å². The Morgan fingerprint density at radius 2 is 1.44 bits per heavy atom. The summed E-state index contributed by atoms with van der Waals surface area (Å²) in [4.78, 5) is 52.4. The molecule has 4 aromatic rings. The molecule has 222 valence electrons. The lowest BCUT2D eigenvalue weighted by molar-refractivity contribution is 0.0651. The second-order valence-electron chi connectivity index (χ2n) is 13.0. The molecule has 7 heteroatoms. The van der Waals surface area contributed by atoms with Crippen molar-refractivity contribution >= 4 is 41.0 Å². The third kappa shape index (κ3) is 3.76. The van der Waals surface area contributed by atoms with Crippen LogP contribution in [0, 0.1) is 0 Å². The van der Waals surface area contributed by atoms with Crippen LogP contribution in [0.5, 0.6) is 0 Å². The first kappa shape index (κ1) is 27.3. The molecule has 0 amide bonds. The number of ketones is 2. The average Bonchev–Trinajstić information content (AvgIpc) is 3.73. The number of fused-ring (bicyclic) bond motifs is 7. The summed E-state index contributed by atoms with van der Waals surface area (Å²) in [6.45, 7) is 4.56. The van der Waals surface area contributed by atoms with Gasteiger partial charge in [-0.1, -0.05) is 56.7 Å². The van der Waals surface area contributed by atoms with Crippen molar-refractivity contribution in [3.63, 3.8) is 0 Å². The quantitative estimate of drug-likeness (QED) is 0.184. The normalized spacial score (nSPS) is 20.0. The van der Waals surface area contributed by atoms with Crippen molar-refractivity contribution in [1.82, 2.24) is 0 Å². The van der Waals surface area contributed by atoms with E-state index in [-0.39, 0.29) is 22.1 Å². The summed E-state index contributed by atoms with van der Waals surface area (Å²) in [5, 5.41) is 19.0. The molecule has 7 nitrogen and oxygen atoms in total. The molecular formula is C38H29NO6. The van der Waals surface area contributed by atoms with Gasteiger partial charge in [0.25, 0.3) is 0 Å². The van der Waals surface area contributed by atoms with E-state index in [0.717, 1.165) is 42.8 Å². The van der Waals surface area contributed by atoms with E-state index >= 15 is 0 Å². The third-order valence-electron chi connectivity index (χ3n) is 10.3. The Hall–Kier alpha value is -5.30. The number of Topliss-reactive ketones (excluding diaryl/α,β-unsaturated/α-hetero) is 2. The van der Waals surface area contributed by atoms with Crippen LogP contribution < -0.4 is 4.90 Å². The molecule has 0 aromatic heterocycles. The molecule has 8 rings (SSSR count). The lowest BCUT2D eigenvalue weighted by atomic mass is 9.82. The van der Waals surface area contributed by atoms with E-state index in [4.69, 9.17) is 0 Å². The maximum absolute atomic E-state index is 13.3. The van der Waals surface area contributed by atoms with Gasteiger partial charge in [0.15, 0.2) is 11.6 Å². The molecule has 0 bridgehead atoms. The second-order valence-corrected chi connectivity index (χ2v) is 13.0. The zero-order valence-corrected chi connectivity index (χ0v) is 24.8. The summed E-state index contributed by atoms with van der Waals surface area (Å²) in [5.74, 6) is -3.83. The molecule has 1 saturated carbocycles. The van der Waals surface area contributed by atoms with Crippen molar-refractivity contribution in [3.05, 3.63) is 123 Å². The first-order valence-electron chi connectivity index (χ1n) is 15.2. The smallest absolute Gasteiger partial charge is 0.336 e. The Morgan fingerprint density at radius 1 is 0.778 bits per heavy atom. The van der Waals surface area contributed by atoms with Gasteiger partial charge in [-0.25, -0.2) is 9.59 Å². The minimum Gasteiger partial charge on any atom is -0.478 e. The van der Waals surface area contributed by atoms with Crippen LogP contribution in [0.4, 0.5) is 11.4 Å². The van der Waals surface area contributed by atoms with Gasteiger partial charge >= 0.3 is 11.9 Å². The molecule has 1 aliphatic heterocycles. The highest BCUT2D eigenvalue weighted by atomic mass is 16.4. The van der Waals surface area contributed by atoms with Crippen LogP contribution in [0.3, 0.4) is 0 Å². The number of anilines is 2. The molecule has 0 radical (unpaired) electrons. The third-order valence-corrected chi connectivity index (χ3v) is 10.3. The van der Waals surface area contributed by atoms with E-state index in [2.05, 4.69) is 73.3 Å². The molecule has 2 N–H and O–H groups in total. The van der Waals surface area contributed by atoms with E-state index in [1.165, 1.54) is 27.8 Å². The summed E-state index contributed by atoms with van der Waals surface area (Å²) in [6, 6.07) is 23.8. The SMILES string of the molecule is CC1(C)c2ccccc2-c2cc(N3c4ccc(C=C5C(=O)c6cc(C(=O)O)c(C(=O)O)cc6C5=O)cc4C4CCCC43)ccc21. The van der Waals surface area contributed by atoms with Gasteiger partial charge in [0.05, 0.1) is 16.7 Å². The Kier molecular flexibility index (Phi) is 5.66. The first-order valence-corrected chi connectivity index (χ1v) is 15.2. The zero-order valence-electron chi connectivity index (χ0n) is 24.8. The average molecular weight is 596 g/mol. The molecule has 0 spiro atoms. The molecule has 1 heterocycles. The fraction of sp³-hybridized carbons (Fsp3) is 0.211. The molecule has 3 aliphatic carbocycles. The van der Waals surface area contributed by atoms with Crippen LogP contribution in [0.15, 0.2) is 78.4 Å². The van der Waals surface area contributed by atoms with Gasteiger partial charge < -0.3 is 15.1 Å². The maximum Gasteiger partial charge on any atom is 0.336 e. The fourth-order valence-corrected chi connectivity index (χ4v) is 8.18. The Bertz CT molecular complexity index is 2030. The van der Waals surface area contributed by atoms with E-state index in [0.29, 0.717) is 17.5 Å². The van der Waals surface area contributed by atoms with Crippen LogP contribution in [0.2, 0.25) is 0 Å². The Labute approximate surface area is 259 Å². The van der Waals surface area contributed by atoms with Gasteiger partial charge in [-0.15, -0.1) is 0 Å². The Balaban J connectivity index is 1.18. The van der Waals surface area contributed by atoms with Crippen molar-refractivity contribution in [3.8, 4) is 11.1 Å². The van der Waals surface area contributed by atoms with E-state index in [9.17, 15) is 29.4 Å². The lowest BCUT2D eigenvalue weighted by Crippen LogP contribution is -2.26. The summed E-state index contributed by atoms with van der Waals surface area (Å²) in [7, 11) is 0. The molecule has 2 unspecified atom stereocenters. The highest BCUT2D eigenvalue weighted by molar-refractivity contribution is 6.41. The van der Waals surface area contributed by atoms with Crippen molar-refractivity contribution in [2.75, 3.05) is 4.90 Å². The maximum atomic E-state index is 13.3. The van der Waals surface area contributed by atoms with Crippen LogP contribution in [-0.4, -0.2) is 39.8 Å². The van der Waals surface area contributed by atoms with Crippen molar-refractivity contribution < 1.29 is 29.4 Å². The minimum absolute atomic E-state index is 0.0647. The van der Waals surface area contributed by atoms with Crippen LogP contribution >= 0.6 is 0 Å². The largest absolute Gasteiger partial charge is 0.478 e. The highest BCUT2D eigenvalue weighted by Crippen LogP contribution is 2.55. The van der Waals surface area contributed by atoms with Crippen molar-refractivity contribution in [2.45, 2.75) is 50.5 Å². The number of nitrogens with zero attached hydrogens (tertiary/aromatic N) is 1. The molecule has 1 fully saturated rings. The van der Waals surface area contributed by atoms with Crippen LogP contribution in [-0.2, 0) is 5.41 Å². The van der Waals surface area contributed by atoms with E-state index in [1.807, 2.05) is 6.07 Å². The topological polar surface area (TPSA) is 112 Å². The lowest BCUT2D eigenvalue weighted by Gasteiger charge is -2.28. The number of carbonyl (C=O) groups excluding carboxylic acids is 2. The van der Waals surface area contributed by atoms with Gasteiger partial charge in [0.2, 0.25) is 0 Å². The summed E-state index contributed by atoms with van der Waals surface area (Å²) < 4.78 is 0.